The van der Waals surface area contributed by atoms with Crippen LogP contribution in [0, 0.1) is 0 Å². The van der Waals surface area contributed by atoms with E-state index in [1.165, 1.54) is 24.8 Å². The van der Waals surface area contributed by atoms with Crippen LogP contribution >= 0.6 is 23.4 Å². The second kappa shape index (κ2) is 13.7. The van der Waals surface area contributed by atoms with Gasteiger partial charge in [-0.1, -0.05) is 68.1 Å². The van der Waals surface area contributed by atoms with Crippen LogP contribution in [0.3, 0.4) is 0 Å². The van der Waals surface area contributed by atoms with Crippen LogP contribution in [0.2, 0.25) is 5.02 Å². The third-order valence-electron chi connectivity index (χ3n) is 6.22. The van der Waals surface area contributed by atoms with E-state index in [2.05, 4.69) is 17.4 Å². The highest BCUT2D eigenvalue weighted by Gasteiger charge is 2.29. The van der Waals surface area contributed by atoms with Crippen LogP contribution in [0.1, 0.15) is 57.4 Å². The van der Waals surface area contributed by atoms with Gasteiger partial charge in [-0.2, -0.15) is 0 Å². The molecule has 0 aliphatic heterocycles. The van der Waals surface area contributed by atoms with E-state index in [0.717, 1.165) is 24.2 Å². The van der Waals surface area contributed by atoms with Gasteiger partial charge in [0.15, 0.2) is 0 Å². The molecule has 1 fully saturated rings. The maximum atomic E-state index is 13.3. The van der Waals surface area contributed by atoms with Crippen molar-refractivity contribution in [2.75, 3.05) is 12.3 Å². The molecule has 2 aromatic carbocycles. The molecular formula is C27H35ClN2O2S. The third kappa shape index (κ3) is 8.38. The summed E-state index contributed by atoms with van der Waals surface area (Å²) in [4.78, 5) is 29.4. The molecule has 33 heavy (non-hydrogen) atoms. The van der Waals surface area contributed by atoms with E-state index in [1.807, 2.05) is 54.3 Å². The van der Waals surface area contributed by atoms with E-state index >= 15 is 0 Å². The lowest BCUT2D eigenvalue weighted by Crippen LogP contribution is -2.52. The summed E-state index contributed by atoms with van der Waals surface area (Å²) in [6.07, 6.45) is 7.41. The molecule has 0 bridgehead atoms. The summed E-state index contributed by atoms with van der Waals surface area (Å²) in [6, 6.07) is 17.6. The molecule has 1 unspecified atom stereocenters. The Morgan fingerprint density at radius 3 is 2.42 bits per heavy atom. The SMILES string of the molecule is CCC(C(=O)NC1CCCCC1)N(CCc1ccccc1)C(=O)CCSc1ccc(Cl)cc1. The summed E-state index contributed by atoms with van der Waals surface area (Å²) in [5, 5.41) is 3.95. The smallest absolute Gasteiger partial charge is 0.243 e. The first-order valence-corrected chi connectivity index (χ1v) is 13.4. The number of nitrogens with one attached hydrogen (secondary N) is 1. The van der Waals surface area contributed by atoms with Crippen LogP contribution in [0.15, 0.2) is 59.5 Å². The molecule has 1 N–H and O–H groups in total. The highest BCUT2D eigenvalue weighted by molar-refractivity contribution is 7.99. The molecule has 2 amide bonds. The summed E-state index contributed by atoms with van der Waals surface area (Å²) >= 11 is 7.60. The minimum atomic E-state index is -0.427. The molecule has 1 saturated carbocycles. The zero-order valence-electron chi connectivity index (χ0n) is 19.5. The van der Waals surface area contributed by atoms with Crippen molar-refractivity contribution in [1.82, 2.24) is 10.2 Å². The molecule has 0 spiro atoms. The van der Waals surface area contributed by atoms with E-state index < -0.39 is 6.04 Å². The van der Waals surface area contributed by atoms with Crippen molar-refractivity contribution in [1.29, 1.82) is 0 Å². The van der Waals surface area contributed by atoms with Crippen LogP contribution in [-0.4, -0.2) is 41.1 Å². The number of nitrogens with zero attached hydrogens (tertiary/aromatic N) is 1. The van der Waals surface area contributed by atoms with Crippen LogP contribution in [0.4, 0.5) is 0 Å². The third-order valence-corrected chi connectivity index (χ3v) is 7.49. The number of benzene rings is 2. The highest BCUT2D eigenvalue weighted by atomic mass is 35.5. The highest BCUT2D eigenvalue weighted by Crippen LogP contribution is 2.22. The van der Waals surface area contributed by atoms with Crippen LogP contribution in [-0.2, 0) is 16.0 Å². The van der Waals surface area contributed by atoms with Crippen molar-refractivity contribution in [3.05, 3.63) is 65.2 Å². The Morgan fingerprint density at radius 1 is 1.06 bits per heavy atom. The average molecular weight is 487 g/mol. The van der Waals surface area contributed by atoms with Gasteiger partial charge in [0.2, 0.25) is 11.8 Å². The number of carbonyl (C=O) groups excluding carboxylic acids is 2. The van der Waals surface area contributed by atoms with Gasteiger partial charge >= 0.3 is 0 Å². The summed E-state index contributed by atoms with van der Waals surface area (Å²) in [6.45, 7) is 2.54. The Morgan fingerprint density at radius 2 is 1.76 bits per heavy atom. The van der Waals surface area contributed by atoms with Gasteiger partial charge < -0.3 is 10.2 Å². The predicted molar refractivity (Wildman–Crippen MR) is 138 cm³/mol. The molecule has 1 aliphatic carbocycles. The van der Waals surface area contributed by atoms with Gasteiger partial charge in [0.1, 0.15) is 6.04 Å². The largest absolute Gasteiger partial charge is 0.352 e. The molecule has 2 aromatic rings. The normalized spacial score (nSPS) is 15.1. The van der Waals surface area contributed by atoms with Crippen LogP contribution in [0.25, 0.3) is 0 Å². The molecule has 0 radical (unpaired) electrons. The number of thioether (sulfide) groups is 1. The van der Waals surface area contributed by atoms with Crippen molar-refractivity contribution in [2.45, 2.75) is 75.3 Å². The first kappa shape index (κ1) is 25.6. The lowest BCUT2D eigenvalue weighted by molar-refractivity contribution is -0.140. The Hall–Kier alpha value is -1.98. The van der Waals surface area contributed by atoms with Gasteiger partial charge in [0, 0.05) is 34.7 Å². The number of amides is 2. The molecule has 4 nitrogen and oxygen atoms in total. The number of carbonyl (C=O) groups is 2. The quantitative estimate of drug-likeness (QED) is 0.389. The Kier molecular flexibility index (Phi) is 10.6. The van der Waals surface area contributed by atoms with Gasteiger partial charge in [-0.05, 0) is 55.5 Å². The topological polar surface area (TPSA) is 49.4 Å². The van der Waals surface area contributed by atoms with E-state index in [9.17, 15) is 9.59 Å². The molecule has 1 atom stereocenters. The van der Waals surface area contributed by atoms with Crippen LogP contribution < -0.4 is 5.32 Å². The molecule has 0 aromatic heterocycles. The van der Waals surface area contributed by atoms with Crippen molar-refractivity contribution >= 4 is 35.2 Å². The molecule has 178 valence electrons. The molecular weight excluding hydrogens is 452 g/mol. The predicted octanol–water partition coefficient (Wildman–Crippen LogP) is 6.12. The standard InChI is InChI=1S/C27H35ClN2O2S/c1-2-25(27(32)29-23-11-7-4-8-12-23)30(19-17-21-9-5-3-6-10-21)26(31)18-20-33-24-15-13-22(28)14-16-24/h3,5-6,9-10,13-16,23,25H,2,4,7-8,11-12,17-20H2,1H3,(H,29,32). The van der Waals surface area contributed by atoms with Gasteiger partial charge in [-0.3, -0.25) is 9.59 Å². The number of rotatable bonds is 11. The minimum Gasteiger partial charge on any atom is -0.352 e. The van der Waals surface area contributed by atoms with Gasteiger partial charge in [0.05, 0.1) is 0 Å². The zero-order chi connectivity index (χ0) is 23.5. The minimum absolute atomic E-state index is 0.00355. The summed E-state index contributed by atoms with van der Waals surface area (Å²) in [7, 11) is 0. The van der Waals surface area contributed by atoms with Crippen molar-refractivity contribution in [2.24, 2.45) is 0 Å². The number of hydrogen-bond donors (Lipinski definition) is 1. The second-order valence-electron chi connectivity index (χ2n) is 8.64. The zero-order valence-corrected chi connectivity index (χ0v) is 21.0. The maximum Gasteiger partial charge on any atom is 0.243 e. The van der Waals surface area contributed by atoms with Gasteiger partial charge in [0.25, 0.3) is 0 Å². The molecule has 6 heteroatoms. The van der Waals surface area contributed by atoms with E-state index in [0.29, 0.717) is 30.2 Å². The fourth-order valence-corrected chi connectivity index (χ4v) is 5.34. The molecule has 3 rings (SSSR count). The Labute approximate surface area is 207 Å². The van der Waals surface area contributed by atoms with Crippen LogP contribution in [0.5, 0.6) is 0 Å². The number of hydrogen-bond acceptors (Lipinski definition) is 3. The molecule has 0 saturated heterocycles. The Bertz CT molecular complexity index is 869. The summed E-state index contributed by atoms with van der Waals surface area (Å²) in [5.74, 6) is 0.706. The lowest BCUT2D eigenvalue weighted by Gasteiger charge is -2.33. The average Bonchev–Trinajstić information content (AvgIpc) is 2.84. The molecule has 0 heterocycles. The van der Waals surface area contributed by atoms with Crippen molar-refractivity contribution in [3.63, 3.8) is 0 Å². The summed E-state index contributed by atoms with van der Waals surface area (Å²) < 4.78 is 0. The van der Waals surface area contributed by atoms with Crippen molar-refractivity contribution in [3.8, 4) is 0 Å². The Balaban J connectivity index is 1.64. The molecule has 1 aliphatic rings. The monoisotopic (exact) mass is 486 g/mol. The fourth-order valence-electron chi connectivity index (χ4n) is 4.37. The maximum absolute atomic E-state index is 13.3. The van der Waals surface area contributed by atoms with Gasteiger partial charge in [-0.25, -0.2) is 0 Å². The first-order chi connectivity index (χ1) is 16.1. The lowest BCUT2D eigenvalue weighted by atomic mass is 9.95. The van der Waals surface area contributed by atoms with E-state index in [4.69, 9.17) is 11.6 Å². The fraction of sp³-hybridized carbons (Fsp3) is 0.481. The van der Waals surface area contributed by atoms with Gasteiger partial charge in [-0.15, -0.1) is 11.8 Å². The van der Waals surface area contributed by atoms with Crippen molar-refractivity contribution < 1.29 is 9.59 Å². The summed E-state index contributed by atoms with van der Waals surface area (Å²) in [5.41, 5.74) is 1.17. The number of halogens is 1. The second-order valence-corrected chi connectivity index (χ2v) is 10.2. The van der Waals surface area contributed by atoms with E-state index in [-0.39, 0.29) is 17.9 Å². The van der Waals surface area contributed by atoms with E-state index in [1.54, 1.807) is 11.8 Å². The first-order valence-electron chi connectivity index (χ1n) is 12.1.